The standard InChI is InChI=1S/C17H20N2O/c18-11-13-3-1-4-14(9-13)12-19-16-6-7-17-15(10-16)5-2-8-20-17/h1,3-4,6-7,9-10,19H,2,5,8,11-12,18H2. The first-order valence-electron chi connectivity index (χ1n) is 7.12. The van der Waals surface area contributed by atoms with Gasteiger partial charge >= 0.3 is 0 Å². The van der Waals surface area contributed by atoms with Crippen LogP contribution in [0.2, 0.25) is 0 Å². The molecule has 1 aliphatic rings. The Balaban J connectivity index is 1.68. The molecular formula is C17H20N2O. The quantitative estimate of drug-likeness (QED) is 0.895. The van der Waals surface area contributed by atoms with Crippen molar-refractivity contribution >= 4 is 5.69 Å². The van der Waals surface area contributed by atoms with Crippen molar-refractivity contribution < 1.29 is 4.74 Å². The maximum Gasteiger partial charge on any atom is 0.122 e. The number of anilines is 1. The summed E-state index contributed by atoms with van der Waals surface area (Å²) in [5.41, 5.74) is 10.5. The number of nitrogens with one attached hydrogen (secondary N) is 1. The fourth-order valence-corrected chi connectivity index (χ4v) is 2.54. The zero-order chi connectivity index (χ0) is 13.8. The maximum atomic E-state index is 5.67. The third kappa shape index (κ3) is 2.94. The van der Waals surface area contributed by atoms with Crippen molar-refractivity contribution in [3.8, 4) is 5.75 Å². The molecule has 1 aliphatic heterocycles. The fraction of sp³-hybridized carbons (Fsp3) is 0.294. The second kappa shape index (κ2) is 5.97. The Hall–Kier alpha value is -2.00. The molecule has 0 saturated heterocycles. The van der Waals surface area contributed by atoms with Crippen molar-refractivity contribution in [1.29, 1.82) is 0 Å². The highest BCUT2D eigenvalue weighted by Crippen LogP contribution is 2.27. The third-order valence-electron chi connectivity index (χ3n) is 3.63. The van der Waals surface area contributed by atoms with Crippen LogP contribution in [0.25, 0.3) is 0 Å². The van der Waals surface area contributed by atoms with E-state index in [-0.39, 0.29) is 0 Å². The molecule has 0 aliphatic carbocycles. The first-order chi connectivity index (χ1) is 9.85. The highest BCUT2D eigenvalue weighted by molar-refractivity contribution is 5.52. The van der Waals surface area contributed by atoms with E-state index in [0.29, 0.717) is 6.54 Å². The van der Waals surface area contributed by atoms with Gasteiger partial charge in [0.2, 0.25) is 0 Å². The Morgan fingerprint density at radius 2 is 2.00 bits per heavy atom. The minimum Gasteiger partial charge on any atom is -0.493 e. The molecule has 104 valence electrons. The van der Waals surface area contributed by atoms with Crippen LogP contribution >= 0.6 is 0 Å². The third-order valence-corrected chi connectivity index (χ3v) is 3.63. The van der Waals surface area contributed by atoms with Crippen LogP contribution in [0.1, 0.15) is 23.1 Å². The van der Waals surface area contributed by atoms with Crippen molar-refractivity contribution in [1.82, 2.24) is 0 Å². The average molecular weight is 268 g/mol. The largest absolute Gasteiger partial charge is 0.493 e. The summed E-state index contributed by atoms with van der Waals surface area (Å²) in [4.78, 5) is 0. The van der Waals surface area contributed by atoms with Gasteiger partial charge in [-0.25, -0.2) is 0 Å². The van der Waals surface area contributed by atoms with E-state index in [4.69, 9.17) is 10.5 Å². The Morgan fingerprint density at radius 1 is 1.10 bits per heavy atom. The van der Waals surface area contributed by atoms with Crippen molar-refractivity contribution in [2.45, 2.75) is 25.9 Å². The van der Waals surface area contributed by atoms with E-state index in [9.17, 15) is 0 Å². The molecule has 3 nitrogen and oxygen atoms in total. The summed E-state index contributed by atoms with van der Waals surface area (Å²) in [6.45, 7) is 2.24. The minimum absolute atomic E-state index is 0.587. The highest BCUT2D eigenvalue weighted by atomic mass is 16.5. The molecule has 0 saturated carbocycles. The molecule has 3 N–H and O–H groups in total. The lowest BCUT2D eigenvalue weighted by molar-refractivity contribution is 0.288. The van der Waals surface area contributed by atoms with Gasteiger partial charge in [0.05, 0.1) is 6.61 Å². The van der Waals surface area contributed by atoms with Crippen LogP contribution in [-0.2, 0) is 19.5 Å². The Labute approximate surface area is 119 Å². The van der Waals surface area contributed by atoms with Gasteiger partial charge in [0.15, 0.2) is 0 Å². The van der Waals surface area contributed by atoms with Crippen molar-refractivity contribution in [3.05, 3.63) is 59.2 Å². The van der Waals surface area contributed by atoms with Gasteiger partial charge in [-0.05, 0) is 47.7 Å². The van der Waals surface area contributed by atoms with E-state index in [1.54, 1.807) is 0 Å². The highest BCUT2D eigenvalue weighted by Gasteiger charge is 2.10. The molecule has 0 radical (unpaired) electrons. The Morgan fingerprint density at radius 3 is 2.90 bits per heavy atom. The molecule has 20 heavy (non-hydrogen) atoms. The molecule has 3 heteroatoms. The second-order valence-corrected chi connectivity index (χ2v) is 5.15. The molecular weight excluding hydrogens is 248 g/mol. The Bertz CT molecular complexity index is 595. The summed E-state index contributed by atoms with van der Waals surface area (Å²) < 4.78 is 5.63. The normalized spacial score (nSPS) is 13.4. The number of nitrogens with two attached hydrogens (primary N) is 1. The lowest BCUT2D eigenvalue weighted by Crippen LogP contribution is -2.09. The molecule has 0 amide bonds. The number of fused-ring (bicyclic) bond motifs is 1. The summed E-state index contributed by atoms with van der Waals surface area (Å²) in [7, 11) is 0. The molecule has 2 aromatic carbocycles. The minimum atomic E-state index is 0.587. The van der Waals surface area contributed by atoms with E-state index in [1.807, 2.05) is 0 Å². The molecule has 0 unspecified atom stereocenters. The predicted molar refractivity (Wildman–Crippen MR) is 81.9 cm³/mol. The number of aryl methyl sites for hydroxylation is 1. The van der Waals surface area contributed by atoms with E-state index >= 15 is 0 Å². The summed E-state index contributed by atoms with van der Waals surface area (Å²) >= 11 is 0. The molecule has 2 aromatic rings. The number of rotatable bonds is 4. The van der Waals surface area contributed by atoms with Gasteiger partial charge in [0, 0.05) is 18.8 Å². The van der Waals surface area contributed by atoms with Crippen LogP contribution in [0.3, 0.4) is 0 Å². The average Bonchev–Trinajstić information content (AvgIpc) is 2.53. The van der Waals surface area contributed by atoms with Crippen LogP contribution < -0.4 is 15.8 Å². The molecule has 3 rings (SSSR count). The summed E-state index contributed by atoms with van der Waals surface area (Å²) in [6, 6.07) is 14.7. The van der Waals surface area contributed by atoms with Gasteiger partial charge in [0.1, 0.15) is 5.75 Å². The van der Waals surface area contributed by atoms with Crippen molar-refractivity contribution in [3.63, 3.8) is 0 Å². The van der Waals surface area contributed by atoms with Gasteiger partial charge in [-0.2, -0.15) is 0 Å². The second-order valence-electron chi connectivity index (χ2n) is 5.15. The van der Waals surface area contributed by atoms with Crippen LogP contribution in [-0.4, -0.2) is 6.61 Å². The maximum absolute atomic E-state index is 5.67. The van der Waals surface area contributed by atoms with E-state index in [2.05, 4.69) is 47.8 Å². The van der Waals surface area contributed by atoms with Crippen molar-refractivity contribution in [2.75, 3.05) is 11.9 Å². The van der Waals surface area contributed by atoms with Crippen LogP contribution in [0, 0.1) is 0 Å². The molecule has 0 aromatic heterocycles. The molecule has 0 bridgehead atoms. The van der Waals surface area contributed by atoms with Gasteiger partial charge in [0.25, 0.3) is 0 Å². The van der Waals surface area contributed by atoms with Crippen LogP contribution in [0.5, 0.6) is 5.75 Å². The first-order valence-corrected chi connectivity index (χ1v) is 7.12. The first kappa shape index (κ1) is 13.0. The van der Waals surface area contributed by atoms with Crippen molar-refractivity contribution in [2.24, 2.45) is 5.73 Å². The van der Waals surface area contributed by atoms with E-state index in [0.717, 1.165) is 37.4 Å². The van der Waals surface area contributed by atoms with Gasteiger partial charge in [-0.15, -0.1) is 0 Å². The monoisotopic (exact) mass is 268 g/mol. The topological polar surface area (TPSA) is 47.3 Å². The smallest absolute Gasteiger partial charge is 0.122 e. The van der Waals surface area contributed by atoms with Gasteiger partial charge in [-0.1, -0.05) is 24.3 Å². The zero-order valence-electron chi connectivity index (χ0n) is 11.6. The molecule has 0 atom stereocenters. The number of hydrogen-bond donors (Lipinski definition) is 2. The van der Waals surface area contributed by atoms with Gasteiger partial charge < -0.3 is 15.8 Å². The lowest BCUT2D eigenvalue weighted by atomic mass is 10.1. The number of hydrogen-bond acceptors (Lipinski definition) is 3. The fourth-order valence-electron chi connectivity index (χ4n) is 2.54. The van der Waals surface area contributed by atoms with Crippen LogP contribution in [0.4, 0.5) is 5.69 Å². The summed E-state index contributed by atoms with van der Waals surface area (Å²) in [5, 5.41) is 3.47. The number of ether oxygens (including phenoxy) is 1. The summed E-state index contributed by atoms with van der Waals surface area (Å²) in [6.07, 6.45) is 2.21. The van der Waals surface area contributed by atoms with Crippen LogP contribution in [0.15, 0.2) is 42.5 Å². The van der Waals surface area contributed by atoms with E-state index in [1.165, 1.54) is 16.7 Å². The molecule has 1 heterocycles. The molecule has 0 spiro atoms. The Kier molecular flexibility index (Phi) is 3.88. The summed E-state index contributed by atoms with van der Waals surface area (Å²) in [5.74, 6) is 1.03. The van der Waals surface area contributed by atoms with Gasteiger partial charge in [-0.3, -0.25) is 0 Å². The molecule has 0 fully saturated rings. The predicted octanol–water partition coefficient (Wildman–Crippen LogP) is 3.08. The zero-order valence-corrected chi connectivity index (χ0v) is 11.6. The number of benzene rings is 2. The lowest BCUT2D eigenvalue weighted by Gasteiger charge is -2.18. The van der Waals surface area contributed by atoms with E-state index < -0.39 is 0 Å². The SMILES string of the molecule is NCc1cccc(CNc2ccc3c(c2)CCCO3)c1.